The summed E-state index contributed by atoms with van der Waals surface area (Å²) in [5, 5.41) is 5.87. The van der Waals surface area contributed by atoms with Gasteiger partial charge in [-0.25, -0.2) is 4.79 Å². The van der Waals surface area contributed by atoms with Crippen LogP contribution in [0.1, 0.15) is 31.9 Å². The molecule has 0 aromatic heterocycles. The van der Waals surface area contributed by atoms with Crippen LogP contribution in [0.2, 0.25) is 0 Å². The molecular formula is C14H22N2O2. The van der Waals surface area contributed by atoms with Gasteiger partial charge in [0, 0.05) is 13.1 Å². The molecule has 1 amide bonds. The summed E-state index contributed by atoms with van der Waals surface area (Å²) in [6.45, 7) is 6.81. The third-order valence-corrected chi connectivity index (χ3v) is 2.31. The van der Waals surface area contributed by atoms with E-state index in [0.29, 0.717) is 6.54 Å². The molecule has 4 nitrogen and oxygen atoms in total. The Morgan fingerprint density at radius 2 is 1.72 bits per heavy atom. The van der Waals surface area contributed by atoms with Crippen molar-refractivity contribution < 1.29 is 9.53 Å². The number of hydrogen-bond donors (Lipinski definition) is 2. The molecule has 100 valence electrons. The van der Waals surface area contributed by atoms with Crippen molar-refractivity contribution in [3.63, 3.8) is 0 Å². The fraction of sp³-hybridized carbons (Fsp3) is 0.500. The van der Waals surface area contributed by atoms with Gasteiger partial charge in [-0.15, -0.1) is 0 Å². The van der Waals surface area contributed by atoms with E-state index in [1.165, 1.54) is 5.56 Å². The highest BCUT2D eigenvalue weighted by Crippen LogP contribution is 2.10. The third-order valence-electron chi connectivity index (χ3n) is 2.31. The fourth-order valence-corrected chi connectivity index (χ4v) is 1.57. The van der Waals surface area contributed by atoms with E-state index in [1.54, 1.807) is 0 Å². The molecule has 0 unspecified atom stereocenters. The number of carbonyl (C=O) groups is 1. The van der Waals surface area contributed by atoms with E-state index in [1.807, 2.05) is 52.1 Å². The Hall–Kier alpha value is -1.55. The van der Waals surface area contributed by atoms with E-state index in [-0.39, 0.29) is 6.09 Å². The van der Waals surface area contributed by atoms with E-state index in [0.717, 1.165) is 12.1 Å². The molecule has 0 radical (unpaired) electrons. The number of alkyl carbamates (subject to hydrolysis) is 1. The summed E-state index contributed by atoms with van der Waals surface area (Å²) in [6, 6.07) is 8.00. The van der Waals surface area contributed by atoms with Crippen LogP contribution in [-0.4, -0.2) is 18.7 Å². The molecule has 0 aliphatic rings. The normalized spacial score (nSPS) is 11.1. The summed E-state index contributed by atoms with van der Waals surface area (Å²) in [6.07, 6.45) is -0.387. The monoisotopic (exact) mass is 250 g/mol. The minimum Gasteiger partial charge on any atom is -0.444 e. The molecule has 0 fully saturated rings. The zero-order chi connectivity index (χ0) is 13.6. The van der Waals surface area contributed by atoms with Crippen LogP contribution in [0.25, 0.3) is 0 Å². The van der Waals surface area contributed by atoms with E-state index >= 15 is 0 Å². The number of rotatable bonds is 4. The van der Waals surface area contributed by atoms with Crippen molar-refractivity contribution >= 4 is 6.09 Å². The van der Waals surface area contributed by atoms with Gasteiger partial charge in [-0.1, -0.05) is 24.3 Å². The highest BCUT2D eigenvalue weighted by molar-refractivity contribution is 5.67. The average molecular weight is 250 g/mol. The molecule has 0 atom stereocenters. The molecule has 0 heterocycles. The van der Waals surface area contributed by atoms with Crippen LogP contribution in [0.4, 0.5) is 4.79 Å². The second-order valence-corrected chi connectivity index (χ2v) is 5.15. The number of nitrogens with one attached hydrogen (secondary N) is 2. The van der Waals surface area contributed by atoms with E-state index < -0.39 is 5.60 Å². The molecule has 18 heavy (non-hydrogen) atoms. The molecule has 2 N–H and O–H groups in total. The first-order chi connectivity index (χ1) is 8.42. The van der Waals surface area contributed by atoms with E-state index in [2.05, 4.69) is 10.6 Å². The average Bonchev–Trinajstić information content (AvgIpc) is 2.26. The van der Waals surface area contributed by atoms with Crippen LogP contribution in [-0.2, 0) is 17.8 Å². The molecule has 1 rings (SSSR count). The molecule has 1 aromatic carbocycles. The second kappa shape index (κ2) is 6.40. The van der Waals surface area contributed by atoms with Crippen LogP contribution in [0.5, 0.6) is 0 Å². The Morgan fingerprint density at radius 3 is 2.22 bits per heavy atom. The molecule has 0 spiro atoms. The molecule has 0 aliphatic carbocycles. The fourth-order valence-electron chi connectivity index (χ4n) is 1.57. The van der Waals surface area contributed by atoms with Gasteiger partial charge in [0.05, 0.1) is 0 Å². The summed E-state index contributed by atoms with van der Waals surface area (Å²) in [4.78, 5) is 11.6. The molecular weight excluding hydrogens is 228 g/mol. The number of ether oxygens (including phenoxy) is 1. The van der Waals surface area contributed by atoms with Gasteiger partial charge in [0.25, 0.3) is 0 Å². The van der Waals surface area contributed by atoms with E-state index in [4.69, 9.17) is 4.74 Å². The Labute approximate surface area is 109 Å². The van der Waals surface area contributed by atoms with Crippen LogP contribution >= 0.6 is 0 Å². The zero-order valence-electron chi connectivity index (χ0n) is 11.5. The lowest BCUT2D eigenvalue weighted by molar-refractivity contribution is 0.0523. The van der Waals surface area contributed by atoms with Gasteiger partial charge in [0.15, 0.2) is 0 Å². The van der Waals surface area contributed by atoms with Crippen molar-refractivity contribution in [3.05, 3.63) is 35.4 Å². The van der Waals surface area contributed by atoms with Gasteiger partial charge < -0.3 is 15.4 Å². The van der Waals surface area contributed by atoms with Gasteiger partial charge in [0.1, 0.15) is 5.60 Å². The summed E-state index contributed by atoms with van der Waals surface area (Å²) < 4.78 is 5.19. The minimum atomic E-state index is -0.464. The quantitative estimate of drug-likeness (QED) is 0.863. The molecule has 0 saturated heterocycles. The van der Waals surface area contributed by atoms with Crippen molar-refractivity contribution in [2.45, 2.75) is 39.5 Å². The maximum absolute atomic E-state index is 11.6. The van der Waals surface area contributed by atoms with Crippen molar-refractivity contribution in [3.8, 4) is 0 Å². The van der Waals surface area contributed by atoms with Gasteiger partial charge in [-0.3, -0.25) is 0 Å². The van der Waals surface area contributed by atoms with Gasteiger partial charge in [-0.05, 0) is 38.9 Å². The highest BCUT2D eigenvalue weighted by Gasteiger charge is 2.15. The maximum atomic E-state index is 11.6. The van der Waals surface area contributed by atoms with Crippen LogP contribution in [0.3, 0.4) is 0 Å². The minimum absolute atomic E-state index is 0.387. The second-order valence-electron chi connectivity index (χ2n) is 5.15. The van der Waals surface area contributed by atoms with Crippen LogP contribution in [0, 0.1) is 0 Å². The van der Waals surface area contributed by atoms with Crippen molar-refractivity contribution in [2.24, 2.45) is 0 Å². The number of benzene rings is 1. The van der Waals surface area contributed by atoms with Crippen LogP contribution < -0.4 is 10.6 Å². The molecule has 0 bridgehead atoms. The molecule has 1 aromatic rings. The Bertz CT molecular complexity index is 397. The van der Waals surface area contributed by atoms with Crippen molar-refractivity contribution in [1.82, 2.24) is 10.6 Å². The number of amides is 1. The first-order valence-electron chi connectivity index (χ1n) is 6.10. The molecule has 0 aliphatic heterocycles. The predicted molar refractivity (Wildman–Crippen MR) is 72.3 cm³/mol. The largest absolute Gasteiger partial charge is 0.444 e. The summed E-state index contributed by atoms with van der Waals surface area (Å²) in [5.41, 5.74) is 1.81. The lowest BCUT2D eigenvalue weighted by atomic mass is 10.1. The first-order valence-corrected chi connectivity index (χ1v) is 6.10. The highest BCUT2D eigenvalue weighted by atomic mass is 16.6. The van der Waals surface area contributed by atoms with Gasteiger partial charge in [0.2, 0.25) is 0 Å². The van der Waals surface area contributed by atoms with Crippen molar-refractivity contribution in [1.29, 1.82) is 0 Å². The first kappa shape index (κ1) is 14.5. The lowest BCUT2D eigenvalue weighted by Gasteiger charge is -2.20. The topological polar surface area (TPSA) is 50.4 Å². The standard InChI is InChI=1S/C14H22N2O2/c1-14(2,3)18-13(17)16-10-12-8-6-5-7-11(12)9-15-4/h5-8,15H,9-10H2,1-4H3,(H,16,17). The van der Waals surface area contributed by atoms with Gasteiger partial charge >= 0.3 is 6.09 Å². The summed E-state index contributed by atoms with van der Waals surface area (Å²) >= 11 is 0. The Morgan fingerprint density at radius 1 is 1.17 bits per heavy atom. The SMILES string of the molecule is CNCc1ccccc1CNC(=O)OC(C)(C)C. The number of hydrogen-bond acceptors (Lipinski definition) is 3. The Balaban J connectivity index is 2.55. The zero-order valence-corrected chi connectivity index (χ0v) is 11.5. The number of carbonyl (C=O) groups excluding carboxylic acids is 1. The maximum Gasteiger partial charge on any atom is 0.407 e. The Kier molecular flexibility index (Phi) is 5.16. The van der Waals surface area contributed by atoms with E-state index in [9.17, 15) is 4.79 Å². The smallest absolute Gasteiger partial charge is 0.407 e. The van der Waals surface area contributed by atoms with Crippen LogP contribution in [0.15, 0.2) is 24.3 Å². The van der Waals surface area contributed by atoms with Crippen molar-refractivity contribution in [2.75, 3.05) is 7.05 Å². The molecule has 0 saturated carbocycles. The lowest BCUT2D eigenvalue weighted by Crippen LogP contribution is -2.32. The predicted octanol–water partition coefficient (Wildman–Crippen LogP) is 2.43. The van der Waals surface area contributed by atoms with Gasteiger partial charge in [-0.2, -0.15) is 0 Å². The molecule has 4 heteroatoms. The summed E-state index contributed by atoms with van der Waals surface area (Å²) in [5.74, 6) is 0. The third kappa shape index (κ3) is 5.19. The summed E-state index contributed by atoms with van der Waals surface area (Å²) in [7, 11) is 1.90.